The summed E-state index contributed by atoms with van der Waals surface area (Å²) in [4.78, 5) is 10.2. The van der Waals surface area contributed by atoms with Crippen molar-refractivity contribution in [2.45, 2.75) is 6.04 Å². The number of ether oxygens (including phenoxy) is 1. The van der Waals surface area contributed by atoms with Gasteiger partial charge in [0.05, 0.1) is 16.0 Å². The number of nitrogens with one attached hydrogen (secondary N) is 1. The van der Waals surface area contributed by atoms with Gasteiger partial charge in [0.1, 0.15) is 12.6 Å². The Labute approximate surface area is 103 Å². The highest BCUT2D eigenvalue weighted by Crippen LogP contribution is 2.34. The topological polar surface area (TPSA) is 88.2 Å². The molecule has 0 bridgehead atoms. The van der Waals surface area contributed by atoms with Crippen LogP contribution in [0.25, 0.3) is 0 Å². The molecule has 0 radical (unpaired) electrons. The maximum atomic E-state index is 10.7. The molecule has 0 saturated carbocycles. The second-order valence-corrected chi connectivity index (χ2v) is 3.53. The third-order valence-electron chi connectivity index (χ3n) is 2.04. The van der Waals surface area contributed by atoms with E-state index in [-0.39, 0.29) is 23.1 Å². The summed E-state index contributed by atoms with van der Waals surface area (Å²) in [5, 5.41) is 22.3. The van der Waals surface area contributed by atoms with E-state index in [1.54, 1.807) is 7.05 Å². The number of hydrogen-bond acceptors (Lipinski definition) is 5. The SMILES string of the molecule is CNC(C#N)COc1c(Cl)cccc1[N+](=O)[O-]. The predicted octanol–water partition coefficient (Wildman–Crippen LogP) is 1.74. The van der Waals surface area contributed by atoms with Gasteiger partial charge >= 0.3 is 5.69 Å². The highest BCUT2D eigenvalue weighted by Gasteiger charge is 2.19. The zero-order valence-electron chi connectivity index (χ0n) is 9.01. The van der Waals surface area contributed by atoms with E-state index in [2.05, 4.69) is 5.32 Å². The monoisotopic (exact) mass is 255 g/mol. The Balaban J connectivity index is 2.90. The van der Waals surface area contributed by atoms with E-state index in [9.17, 15) is 10.1 Å². The van der Waals surface area contributed by atoms with Crippen LogP contribution in [0, 0.1) is 21.4 Å². The first-order chi connectivity index (χ1) is 8.10. The number of hydrogen-bond donors (Lipinski definition) is 1. The van der Waals surface area contributed by atoms with Gasteiger partial charge in [-0.15, -0.1) is 0 Å². The minimum atomic E-state index is -0.581. The van der Waals surface area contributed by atoms with E-state index in [0.717, 1.165) is 0 Å². The average molecular weight is 256 g/mol. The lowest BCUT2D eigenvalue weighted by molar-refractivity contribution is -0.385. The van der Waals surface area contributed by atoms with Crippen molar-refractivity contribution < 1.29 is 9.66 Å². The molecule has 6 nitrogen and oxygen atoms in total. The highest BCUT2D eigenvalue weighted by molar-refractivity contribution is 6.32. The summed E-state index contributed by atoms with van der Waals surface area (Å²) in [5.41, 5.74) is -0.217. The first-order valence-electron chi connectivity index (χ1n) is 4.72. The van der Waals surface area contributed by atoms with Crippen LogP contribution >= 0.6 is 11.6 Å². The second kappa shape index (κ2) is 6.03. The molecule has 0 spiro atoms. The molecule has 0 aromatic heterocycles. The number of nitrogens with zero attached hydrogens (tertiary/aromatic N) is 2. The number of rotatable bonds is 5. The molecule has 0 saturated heterocycles. The Morgan fingerprint density at radius 3 is 2.94 bits per heavy atom. The third-order valence-corrected chi connectivity index (χ3v) is 2.34. The van der Waals surface area contributed by atoms with Crippen LogP contribution < -0.4 is 10.1 Å². The zero-order valence-corrected chi connectivity index (χ0v) is 9.77. The quantitative estimate of drug-likeness (QED) is 0.639. The predicted molar refractivity (Wildman–Crippen MR) is 62.1 cm³/mol. The number of nitriles is 1. The van der Waals surface area contributed by atoms with Crippen molar-refractivity contribution in [2.24, 2.45) is 0 Å². The van der Waals surface area contributed by atoms with Gasteiger partial charge in [-0.1, -0.05) is 17.7 Å². The van der Waals surface area contributed by atoms with Crippen molar-refractivity contribution in [1.29, 1.82) is 5.26 Å². The molecule has 0 heterocycles. The van der Waals surface area contributed by atoms with Crippen molar-refractivity contribution in [1.82, 2.24) is 5.32 Å². The molecule has 1 atom stereocenters. The molecule has 17 heavy (non-hydrogen) atoms. The molecule has 1 aromatic rings. The van der Waals surface area contributed by atoms with Crippen LogP contribution in [-0.2, 0) is 0 Å². The molecular formula is C10H10ClN3O3. The van der Waals surface area contributed by atoms with Gasteiger partial charge in [0.2, 0.25) is 5.75 Å². The number of para-hydroxylation sites is 1. The minimum absolute atomic E-state index is 0.0163. The molecule has 1 N–H and O–H groups in total. The van der Waals surface area contributed by atoms with E-state index < -0.39 is 11.0 Å². The standard InChI is InChI=1S/C10H10ClN3O3/c1-13-7(5-12)6-17-10-8(11)3-2-4-9(10)14(15)16/h2-4,7,13H,6H2,1H3. The van der Waals surface area contributed by atoms with Crippen LogP contribution in [0.5, 0.6) is 5.75 Å². The number of benzene rings is 1. The summed E-state index contributed by atoms with van der Waals surface area (Å²) in [6.07, 6.45) is 0. The van der Waals surface area contributed by atoms with Gasteiger partial charge in [-0.25, -0.2) is 0 Å². The molecule has 0 amide bonds. The molecule has 1 unspecified atom stereocenters. The summed E-state index contributed by atoms with van der Waals surface area (Å²) < 4.78 is 5.21. The normalized spacial score (nSPS) is 11.6. The fraction of sp³-hybridized carbons (Fsp3) is 0.300. The Morgan fingerprint density at radius 1 is 1.71 bits per heavy atom. The van der Waals surface area contributed by atoms with E-state index >= 15 is 0 Å². The Bertz CT molecular complexity index is 459. The molecule has 7 heteroatoms. The maximum absolute atomic E-state index is 10.7. The summed E-state index contributed by atoms with van der Waals surface area (Å²) in [6.45, 7) is -0.0163. The number of nitro groups is 1. The fourth-order valence-electron chi connectivity index (χ4n) is 1.14. The van der Waals surface area contributed by atoms with Crippen LogP contribution in [0.2, 0.25) is 5.02 Å². The molecule has 0 fully saturated rings. The van der Waals surface area contributed by atoms with Gasteiger partial charge in [-0.05, 0) is 13.1 Å². The van der Waals surface area contributed by atoms with Crippen molar-refractivity contribution in [3.05, 3.63) is 33.3 Å². The van der Waals surface area contributed by atoms with Crippen molar-refractivity contribution >= 4 is 17.3 Å². The lowest BCUT2D eigenvalue weighted by Crippen LogP contribution is -2.30. The highest BCUT2D eigenvalue weighted by atomic mass is 35.5. The van der Waals surface area contributed by atoms with E-state index in [4.69, 9.17) is 21.6 Å². The second-order valence-electron chi connectivity index (χ2n) is 3.13. The average Bonchev–Trinajstić information content (AvgIpc) is 2.31. The van der Waals surface area contributed by atoms with Crippen molar-refractivity contribution in [3.8, 4) is 11.8 Å². The molecule has 90 valence electrons. The first-order valence-corrected chi connectivity index (χ1v) is 5.10. The van der Waals surface area contributed by atoms with Gasteiger partial charge in [0.15, 0.2) is 0 Å². The minimum Gasteiger partial charge on any atom is -0.483 e. The Hall–Kier alpha value is -1.84. The first kappa shape index (κ1) is 13.2. The number of halogens is 1. The van der Waals surface area contributed by atoms with Crippen molar-refractivity contribution in [2.75, 3.05) is 13.7 Å². The lowest BCUT2D eigenvalue weighted by atomic mass is 10.3. The lowest BCUT2D eigenvalue weighted by Gasteiger charge is -2.11. The summed E-state index contributed by atoms with van der Waals surface area (Å²) in [6, 6.07) is 5.64. The summed E-state index contributed by atoms with van der Waals surface area (Å²) in [5.74, 6) is -0.0188. The number of likely N-dealkylation sites (N-methyl/N-ethyl adjacent to an activating group) is 1. The molecule has 0 aliphatic heterocycles. The maximum Gasteiger partial charge on any atom is 0.312 e. The molecule has 0 aliphatic rings. The van der Waals surface area contributed by atoms with Gasteiger partial charge in [-0.3, -0.25) is 10.1 Å². The molecular weight excluding hydrogens is 246 g/mol. The third kappa shape index (κ3) is 3.31. The zero-order chi connectivity index (χ0) is 12.8. The molecule has 1 rings (SSSR count). The van der Waals surface area contributed by atoms with Gasteiger partial charge in [0, 0.05) is 6.07 Å². The molecule has 1 aromatic carbocycles. The Morgan fingerprint density at radius 2 is 2.41 bits per heavy atom. The van der Waals surface area contributed by atoms with E-state index in [1.165, 1.54) is 18.2 Å². The van der Waals surface area contributed by atoms with Gasteiger partial charge < -0.3 is 10.1 Å². The van der Waals surface area contributed by atoms with Gasteiger partial charge in [0.25, 0.3) is 0 Å². The number of nitro benzene ring substituents is 1. The van der Waals surface area contributed by atoms with Gasteiger partial charge in [-0.2, -0.15) is 5.26 Å². The van der Waals surface area contributed by atoms with Crippen LogP contribution in [0.4, 0.5) is 5.69 Å². The summed E-state index contributed by atoms with van der Waals surface area (Å²) in [7, 11) is 1.60. The fourth-order valence-corrected chi connectivity index (χ4v) is 1.36. The van der Waals surface area contributed by atoms with Crippen molar-refractivity contribution in [3.63, 3.8) is 0 Å². The smallest absolute Gasteiger partial charge is 0.312 e. The Kier molecular flexibility index (Phi) is 4.69. The van der Waals surface area contributed by atoms with Crippen LogP contribution in [0.3, 0.4) is 0 Å². The molecule has 0 aliphatic carbocycles. The van der Waals surface area contributed by atoms with Crippen LogP contribution in [0.15, 0.2) is 18.2 Å². The van der Waals surface area contributed by atoms with E-state index in [1.807, 2.05) is 6.07 Å². The largest absolute Gasteiger partial charge is 0.483 e. The summed E-state index contributed by atoms with van der Waals surface area (Å²) >= 11 is 5.81. The van der Waals surface area contributed by atoms with E-state index in [0.29, 0.717) is 0 Å². The van der Waals surface area contributed by atoms with Crippen LogP contribution in [-0.4, -0.2) is 24.6 Å². The van der Waals surface area contributed by atoms with Crippen LogP contribution in [0.1, 0.15) is 0 Å².